The molecule has 6 nitrogen and oxygen atoms in total. The van der Waals surface area contributed by atoms with Gasteiger partial charge in [0.25, 0.3) is 0 Å². The number of alkyl halides is 3. The quantitative estimate of drug-likeness (QED) is 0.438. The van der Waals surface area contributed by atoms with E-state index in [9.17, 15) is 13.2 Å². The number of pyridine rings is 1. The Morgan fingerprint density at radius 1 is 1.24 bits per heavy atom. The molecule has 3 rings (SSSR count). The maximum atomic E-state index is 13.0. The largest absolute Gasteiger partial charge is 0.475 e. The van der Waals surface area contributed by atoms with Crippen molar-refractivity contribution in [1.82, 2.24) is 15.6 Å². The monoisotopic (exact) mass is 407 g/mol. The molecule has 0 spiro atoms. The molecule has 1 unspecified atom stereocenters. The number of aromatic nitrogens is 1. The van der Waals surface area contributed by atoms with Gasteiger partial charge in [-0.05, 0) is 30.7 Å². The maximum Gasteiger partial charge on any atom is 0.421 e. The Morgan fingerprint density at radius 2 is 2.03 bits per heavy atom. The summed E-state index contributed by atoms with van der Waals surface area (Å²) in [5.74, 6) is 0.171. The number of ether oxygens (including phenoxy) is 1. The fourth-order valence-corrected chi connectivity index (χ4v) is 3.18. The van der Waals surface area contributed by atoms with Crippen LogP contribution in [0.15, 0.2) is 53.7 Å². The lowest BCUT2D eigenvalue weighted by Gasteiger charge is -2.20. The van der Waals surface area contributed by atoms with Crippen molar-refractivity contribution < 1.29 is 17.9 Å². The molecule has 156 valence electrons. The van der Waals surface area contributed by atoms with Crippen LogP contribution in [0, 0.1) is 0 Å². The molecule has 1 atom stereocenters. The second-order valence-corrected chi connectivity index (χ2v) is 6.61. The number of para-hydroxylation sites is 1. The summed E-state index contributed by atoms with van der Waals surface area (Å²) in [5.41, 5.74) is 0.304. The fraction of sp³-hybridized carbons (Fsp3) is 0.400. The standard InChI is InChI=1S/C20H24F3N5O/c1-24-19(27-15-9-12-28(14-15)16-6-3-2-4-7-16)26-11-13-29-18-17(20(21,22)23)8-5-10-25-18/h2-8,10,15H,9,11-14H2,1H3,(H2,24,26,27). The average Bonchev–Trinajstić information content (AvgIpc) is 3.19. The Labute approximate surface area is 167 Å². The molecular weight excluding hydrogens is 383 g/mol. The molecule has 1 aromatic carbocycles. The minimum Gasteiger partial charge on any atom is -0.475 e. The smallest absolute Gasteiger partial charge is 0.421 e. The number of guanidine groups is 1. The summed E-state index contributed by atoms with van der Waals surface area (Å²) in [6.07, 6.45) is -2.26. The SMILES string of the molecule is CN=C(NCCOc1ncccc1C(F)(F)F)NC1CCN(c2ccccc2)C1. The Balaban J connectivity index is 1.44. The van der Waals surface area contributed by atoms with Crippen molar-refractivity contribution in [2.24, 2.45) is 4.99 Å². The normalized spacial score (nSPS) is 17.3. The third kappa shape index (κ3) is 5.75. The summed E-state index contributed by atoms with van der Waals surface area (Å²) >= 11 is 0. The predicted molar refractivity (Wildman–Crippen MR) is 106 cm³/mol. The van der Waals surface area contributed by atoms with Gasteiger partial charge < -0.3 is 20.3 Å². The van der Waals surface area contributed by atoms with Crippen molar-refractivity contribution >= 4 is 11.6 Å². The van der Waals surface area contributed by atoms with Gasteiger partial charge in [0.1, 0.15) is 12.2 Å². The van der Waals surface area contributed by atoms with E-state index in [0.29, 0.717) is 12.5 Å². The summed E-state index contributed by atoms with van der Waals surface area (Å²) in [6, 6.07) is 12.6. The van der Waals surface area contributed by atoms with E-state index in [0.717, 1.165) is 25.6 Å². The van der Waals surface area contributed by atoms with Gasteiger partial charge in [0, 0.05) is 38.1 Å². The Hall–Kier alpha value is -2.97. The van der Waals surface area contributed by atoms with Gasteiger partial charge in [0.2, 0.25) is 5.88 Å². The van der Waals surface area contributed by atoms with Crippen LogP contribution in [0.25, 0.3) is 0 Å². The zero-order valence-electron chi connectivity index (χ0n) is 16.1. The molecule has 1 aliphatic heterocycles. The van der Waals surface area contributed by atoms with Crippen LogP contribution in [0.3, 0.4) is 0 Å². The van der Waals surface area contributed by atoms with Gasteiger partial charge in [-0.15, -0.1) is 0 Å². The molecule has 29 heavy (non-hydrogen) atoms. The average molecular weight is 407 g/mol. The number of nitrogens with one attached hydrogen (secondary N) is 2. The minimum absolute atomic E-state index is 0.0294. The molecule has 2 heterocycles. The van der Waals surface area contributed by atoms with Crippen molar-refractivity contribution in [1.29, 1.82) is 0 Å². The number of nitrogens with zero attached hydrogens (tertiary/aromatic N) is 3. The highest BCUT2D eigenvalue weighted by molar-refractivity contribution is 5.80. The third-order valence-corrected chi connectivity index (χ3v) is 4.58. The highest BCUT2D eigenvalue weighted by atomic mass is 19.4. The van der Waals surface area contributed by atoms with Crippen LogP contribution < -0.4 is 20.3 Å². The number of rotatable bonds is 6. The van der Waals surface area contributed by atoms with Crippen molar-refractivity contribution in [3.63, 3.8) is 0 Å². The second-order valence-electron chi connectivity index (χ2n) is 6.61. The van der Waals surface area contributed by atoms with Gasteiger partial charge in [-0.3, -0.25) is 4.99 Å². The second kappa shape index (κ2) is 9.49. The van der Waals surface area contributed by atoms with Gasteiger partial charge in [0.15, 0.2) is 5.96 Å². The molecule has 0 bridgehead atoms. The minimum atomic E-state index is -4.50. The molecule has 1 aliphatic rings. The van der Waals surface area contributed by atoms with Crippen LogP contribution in [0.4, 0.5) is 18.9 Å². The lowest BCUT2D eigenvalue weighted by atomic mass is 10.2. The molecule has 1 saturated heterocycles. The zero-order valence-corrected chi connectivity index (χ0v) is 16.1. The van der Waals surface area contributed by atoms with E-state index in [2.05, 4.69) is 37.6 Å². The molecule has 0 aliphatic carbocycles. The highest BCUT2D eigenvalue weighted by Gasteiger charge is 2.35. The van der Waals surface area contributed by atoms with E-state index in [4.69, 9.17) is 4.74 Å². The van der Waals surface area contributed by atoms with E-state index in [1.54, 1.807) is 7.05 Å². The van der Waals surface area contributed by atoms with E-state index in [-0.39, 0.29) is 12.6 Å². The first-order valence-corrected chi connectivity index (χ1v) is 9.39. The van der Waals surface area contributed by atoms with Crippen LogP contribution in [0.5, 0.6) is 5.88 Å². The van der Waals surface area contributed by atoms with Crippen LogP contribution in [0.2, 0.25) is 0 Å². The Kier molecular flexibility index (Phi) is 6.79. The summed E-state index contributed by atoms with van der Waals surface area (Å²) < 4.78 is 44.1. The van der Waals surface area contributed by atoms with Crippen LogP contribution >= 0.6 is 0 Å². The van der Waals surface area contributed by atoms with E-state index in [1.807, 2.05) is 18.2 Å². The van der Waals surface area contributed by atoms with Gasteiger partial charge in [0.05, 0.1) is 6.54 Å². The summed E-state index contributed by atoms with van der Waals surface area (Å²) in [5, 5.41) is 6.41. The van der Waals surface area contributed by atoms with Gasteiger partial charge in [-0.1, -0.05) is 18.2 Å². The number of aliphatic imine (C=N–C) groups is 1. The van der Waals surface area contributed by atoms with Gasteiger partial charge in [-0.25, -0.2) is 4.98 Å². The van der Waals surface area contributed by atoms with Gasteiger partial charge in [-0.2, -0.15) is 13.2 Å². The first-order chi connectivity index (χ1) is 14.0. The Bertz CT molecular complexity index is 813. The maximum absolute atomic E-state index is 13.0. The summed E-state index contributed by atoms with van der Waals surface area (Å²) in [4.78, 5) is 10.2. The fourth-order valence-electron chi connectivity index (χ4n) is 3.18. The number of halogens is 3. The lowest BCUT2D eigenvalue weighted by molar-refractivity contribution is -0.139. The molecule has 0 radical (unpaired) electrons. The third-order valence-electron chi connectivity index (χ3n) is 4.58. The van der Waals surface area contributed by atoms with Crippen LogP contribution in [0.1, 0.15) is 12.0 Å². The molecule has 0 saturated carbocycles. The van der Waals surface area contributed by atoms with Crippen molar-refractivity contribution in [2.75, 3.05) is 38.2 Å². The predicted octanol–water partition coefficient (Wildman–Crippen LogP) is 2.92. The molecule has 2 aromatic rings. The first kappa shape index (κ1) is 20.8. The van der Waals surface area contributed by atoms with E-state index < -0.39 is 17.6 Å². The number of anilines is 1. The van der Waals surface area contributed by atoms with E-state index in [1.165, 1.54) is 18.0 Å². The highest BCUT2D eigenvalue weighted by Crippen LogP contribution is 2.34. The summed E-state index contributed by atoms with van der Waals surface area (Å²) in [6.45, 7) is 2.12. The van der Waals surface area contributed by atoms with Crippen molar-refractivity contribution in [3.05, 3.63) is 54.2 Å². The molecule has 0 amide bonds. The van der Waals surface area contributed by atoms with Crippen molar-refractivity contribution in [2.45, 2.75) is 18.6 Å². The number of benzene rings is 1. The first-order valence-electron chi connectivity index (χ1n) is 9.39. The molecular formula is C20H24F3N5O. The van der Waals surface area contributed by atoms with Crippen molar-refractivity contribution in [3.8, 4) is 5.88 Å². The lowest BCUT2D eigenvalue weighted by Crippen LogP contribution is -2.45. The topological polar surface area (TPSA) is 61.8 Å². The van der Waals surface area contributed by atoms with Crippen LogP contribution in [-0.4, -0.2) is 50.3 Å². The van der Waals surface area contributed by atoms with E-state index >= 15 is 0 Å². The zero-order chi connectivity index (χ0) is 20.7. The number of hydrogen-bond acceptors (Lipinski definition) is 4. The summed E-state index contributed by atoms with van der Waals surface area (Å²) in [7, 11) is 1.65. The Morgan fingerprint density at radius 3 is 2.76 bits per heavy atom. The molecule has 1 aromatic heterocycles. The molecule has 1 fully saturated rings. The van der Waals surface area contributed by atoms with Crippen LogP contribution in [-0.2, 0) is 6.18 Å². The van der Waals surface area contributed by atoms with Gasteiger partial charge >= 0.3 is 6.18 Å². The number of hydrogen-bond donors (Lipinski definition) is 2. The molecule has 9 heteroatoms. The molecule has 2 N–H and O–H groups in total.